The van der Waals surface area contributed by atoms with Gasteiger partial charge in [0.1, 0.15) is 0 Å². The standard InChI is InChI=1S/C13H16ClN3O/c1-2-3-11(15)13-16-12(17-18-13)8-9-4-6-10(14)7-5-9/h4-7,11H,2-3,8,15H2,1H3/t11-/m0/s1. The summed E-state index contributed by atoms with van der Waals surface area (Å²) in [7, 11) is 0. The number of nitrogens with zero attached hydrogens (tertiary/aromatic N) is 2. The van der Waals surface area contributed by atoms with Gasteiger partial charge in [-0.2, -0.15) is 4.98 Å². The zero-order chi connectivity index (χ0) is 13.0. The second-order valence-corrected chi connectivity index (χ2v) is 4.68. The number of rotatable bonds is 5. The Morgan fingerprint density at radius 2 is 2.06 bits per heavy atom. The van der Waals surface area contributed by atoms with E-state index in [4.69, 9.17) is 21.9 Å². The van der Waals surface area contributed by atoms with Crippen LogP contribution in [0.4, 0.5) is 0 Å². The third-order valence-corrected chi connectivity index (χ3v) is 2.93. The van der Waals surface area contributed by atoms with Gasteiger partial charge in [-0.25, -0.2) is 0 Å². The third kappa shape index (κ3) is 3.31. The number of hydrogen-bond acceptors (Lipinski definition) is 4. The number of hydrogen-bond donors (Lipinski definition) is 1. The minimum atomic E-state index is -0.165. The average Bonchev–Trinajstić information content (AvgIpc) is 2.81. The van der Waals surface area contributed by atoms with Gasteiger partial charge in [0, 0.05) is 11.4 Å². The van der Waals surface area contributed by atoms with Gasteiger partial charge in [0.25, 0.3) is 0 Å². The molecule has 2 aromatic rings. The quantitative estimate of drug-likeness (QED) is 0.902. The fourth-order valence-electron chi connectivity index (χ4n) is 1.71. The highest BCUT2D eigenvalue weighted by Crippen LogP contribution is 2.16. The zero-order valence-electron chi connectivity index (χ0n) is 10.3. The van der Waals surface area contributed by atoms with Crippen LogP contribution in [0.3, 0.4) is 0 Å². The van der Waals surface area contributed by atoms with Gasteiger partial charge in [-0.05, 0) is 24.1 Å². The Morgan fingerprint density at radius 1 is 1.33 bits per heavy atom. The van der Waals surface area contributed by atoms with E-state index in [0.717, 1.165) is 23.4 Å². The monoisotopic (exact) mass is 265 g/mol. The summed E-state index contributed by atoms with van der Waals surface area (Å²) >= 11 is 5.83. The molecule has 0 fully saturated rings. The van der Waals surface area contributed by atoms with Crippen LogP contribution in [0, 0.1) is 0 Å². The number of benzene rings is 1. The molecule has 0 aliphatic rings. The second kappa shape index (κ2) is 5.98. The molecule has 0 radical (unpaired) electrons. The summed E-state index contributed by atoms with van der Waals surface area (Å²) in [4.78, 5) is 4.31. The van der Waals surface area contributed by atoms with Gasteiger partial charge in [-0.15, -0.1) is 0 Å². The Labute approximate surface area is 111 Å². The summed E-state index contributed by atoms with van der Waals surface area (Å²) in [6.07, 6.45) is 2.47. The molecule has 1 aromatic heterocycles. The van der Waals surface area contributed by atoms with Gasteiger partial charge < -0.3 is 10.3 Å². The van der Waals surface area contributed by atoms with E-state index in [0.29, 0.717) is 18.1 Å². The van der Waals surface area contributed by atoms with Gasteiger partial charge in [0.15, 0.2) is 5.82 Å². The summed E-state index contributed by atoms with van der Waals surface area (Å²) in [5.41, 5.74) is 7.01. The molecule has 2 N–H and O–H groups in total. The maximum atomic E-state index is 5.92. The Kier molecular flexibility index (Phi) is 4.33. The Bertz CT molecular complexity index is 495. The molecule has 0 aliphatic heterocycles. The van der Waals surface area contributed by atoms with E-state index in [1.54, 1.807) is 0 Å². The predicted octanol–water partition coefficient (Wildman–Crippen LogP) is 3.11. The van der Waals surface area contributed by atoms with E-state index in [-0.39, 0.29) is 6.04 Å². The predicted molar refractivity (Wildman–Crippen MR) is 70.4 cm³/mol. The van der Waals surface area contributed by atoms with Crippen LogP contribution in [-0.2, 0) is 6.42 Å². The maximum Gasteiger partial charge on any atom is 0.243 e. The van der Waals surface area contributed by atoms with Crippen molar-refractivity contribution in [2.75, 3.05) is 0 Å². The number of nitrogens with two attached hydrogens (primary N) is 1. The van der Waals surface area contributed by atoms with Crippen LogP contribution in [0.15, 0.2) is 28.8 Å². The molecule has 18 heavy (non-hydrogen) atoms. The highest BCUT2D eigenvalue weighted by Gasteiger charge is 2.13. The molecule has 96 valence electrons. The highest BCUT2D eigenvalue weighted by atomic mass is 35.5. The summed E-state index contributed by atoms with van der Waals surface area (Å²) in [5.74, 6) is 1.17. The molecular weight excluding hydrogens is 250 g/mol. The topological polar surface area (TPSA) is 64.9 Å². The normalized spacial score (nSPS) is 12.6. The van der Waals surface area contributed by atoms with Crippen molar-refractivity contribution < 1.29 is 4.52 Å². The van der Waals surface area contributed by atoms with Crippen molar-refractivity contribution in [2.45, 2.75) is 32.2 Å². The lowest BCUT2D eigenvalue weighted by atomic mass is 10.1. The lowest BCUT2D eigenvalue weighted by molar-refractivity contribution is 0.345. The second-order valence-electron chi connectivity index (χ2n) is 4.25. The molecule has 0 unspecified atom stereocenters. The fourth-order valence-corrected chi connectivity index (χ4v) is 1.84. The molecule has 0 saturated carbocycles. The SMILES string of the molecule is CCC[C@H](N)c1nc(Cc2ccc(Cl)cc2)no1. The average molecular weight is 266 g/mol. The van der Waals surface area contributed by atoms with Crippen LogP contribution in [0.2, 0.25) is 5.02 Å². The van der Waals surface area contributed by atoms with Crippen LogP contribution < -0.4 is 5.73 Å². The Balaban J connectivity index is 2.04. The molecular formula is C13H16ClN3O. The minimum Gasteiger partial charge on any atom is -0.338 e. The first-order valence-corrected chi connectivity index (χ1v) is 6.39. The third-order valence-electron chi connectivity index (χ3n) is 2.68. The molecule has 2 rings (SSSR count). The number of aromatic nitrogens is 2. The first-order chi connectivity index (χ1) is 8.69. The zero-order valence-corrected chi connectivity index (χ0v) is 11.0. The maximum absolute atomic E-state index is 5.92. The van der Waals surface area contributed by atoms with Crippen molar-refractivity contribution in [1.29, 1.82) is 0 Å². The first-order valence-electron chi connectivity index (χ1n) is 6.01. The molecule has 0 spiro atoms. The van der Waals surface area contributed by atoms with E-state index in [1.165, 1.54) is 0 Å². The van der Waals surface area contributed by atoms with Crippen molar-refractivity contribution >= 4 is 11.6 Å². The Morgan fingerprint density at radius 3 is 2.72 bits per heavy atom. The van der Waals surface area contributed by atoms with Gasteiger partial charge in [0.2, 0.25) is 5.89 Å². The van der Waals surface area contributed by atoms with Crippen molar-refractivity contribution in [3.05, 3.63) is 46.6 Å². The minimum absolute atomic E-state index is 0.165. The van der Waals surface area contributed by atoms with Gasteiger partial charge >= 0.3 is 0 Å². The van der Waals surface area contributed by atoms with Crippen LogP contribution >= 0.6 is 11.6 Å². The molecule has 1 heterocycles. The van der Waals surface area contributed by atoms with Crippen molar-refractivity contribution in [3.63, 3.8) is 0 Å². The largest absolute Gasteiger partial charge is 0.338 e. The molecule has 0 saturated heterocycles. The molecule has 0 bridgehead atoms. The van der Waals surface area contributed by atoms with Gasteiger partial charge in [-0.3, -0.25) is 0 Å². The van der Waals surface area contributed by atoms with Crippen LogP contribution in [-0.4, -0.2) is 10.1 Å². The molecule has 1 atom stereocenters. The smallest absolute Gasteiger partial charge is 0.243 e. The van der Waals surface area contributed by atoms with E-state index in [2.05, 4.69) is 17.1 Å². The summed E-state index contributed by atoms with van der Waals surface area (Å²) in [5, 5.41) is 4.66. The van der Waals surface area contributed by atoms with Gasteiger partial charge in [-0.1, -0.05) is 42.2 Å². The fraction of sp³-hybridized carbons (Fsp3) is 0.385. The lowest BCUT2D eigenvalue weighted by Crippen LogP contribution is -2.10. The first kappa shape index (κ1) is 13.1. The van der Waals surface area contributed by atoms with Crippen molar-refractivity contribution in [2.24, 2.45) is 5.73 Å². The number of halogens is 1. The van der Waals surface area contributed by atoms with Crippen LogP contribution in [0.5, 0.6) is 0 Å². The highest BCUT2D eigenvalue weighted by molar-refractivity contribution is 6.30. The summed E-state index contributed by atoms with van der Waals surface area (Å²) < 4.78 is 5.16. The van der Waals surface area contributed by atoms with E-state index < -0.39 is 0 Å². The lowest BCUT2D eigenvalue weighted by Gasteiger charge is -2.02. The van der Waals surface area contributed by atoms with E-state index in [1.807, 2.05) is 24.3 Å². The summed E-state index contributed by atoms with van der Waals surface area (Å²) in [6.45, 7) is 2.07. The Hall–Kier alpha value is -1.39. The summed E-state index contributed by atoms with van der Waals surface area (Å²) in [6, 6.07) is 7.43. The van der Waals surface area contributed by atoms with Crippen LogP contribution in [0.25, 0.3) is 0 Å². The molecule has 4 nitrogen and oxygen atoms in total. The van der Waals surface area contributed by atoms with E-state index >= 15 is 0 Å². The van der Waals surface area contributed by atoms with Gasteiger partial charge in [0.05, 0.1) is 6.04 Å². The molecule has 5 heteroatoms. The van der Waals surface area contributed by atoms with Crippen LogP contribution in [0.1, 0.15) is 43.1 Å². The molecule has 1 aromatic carbocycles. The molecule has 0 amide bonds. The molecule has 0 aliphatic carbocycles. The van der Waals surface area contributed by atoms with E-state index in [9.17, 15) is 0 Å². The van der Waals surface area contributed by atoms with Crippen molar-refractivity contribution in [1.82, 2.24) is 10.1 Å². The van der Waals surface area contributed by atoms with Crippen molar-refractivity contribution in [3.8, 4) is 0 Å².